The summed E-state index contributed by atoms with van der Waals surface area (Å²) in [5.74, 6) is 0.112. The number of methoxy groups -OCH3 is 1. The number of nitro benzene ring substituents is 1. The third-order valence-corrected chi connectivity index (χ3v) is 5.68. The molecule has 0 saturated carbocycles. The molecule has 1 unspecified atom stereocenters. The number of hydrogen-bond donors (Lipinski definition) is 1. The van der Waals surface area contributed by atoms with Crippen LogP contribution in [0.4, 0.5) is 5.69 Å². The van der Waals surface area contributed by atoms with Crippen LogP contribution in [0.5, 0.6) is 5.75 Å². The normalized spacial score (nSPS) is 19.3. The Morgan fingerprint density at radius 3 is 2.82 bits per heavy atom. The molecule has 0 bridgehead atoms. The Morgan fingerprint density at radius 2 is 2.23 bits per heavy atom. The first-order valence-electron chi connectivity index (χ1n) is 6.90. The van der Waals surface area contributed by atoms with Gasteiger partial charge in [-0.05, 0) is 26.0 Å². The zero-order valence-corrected chi connectivity index (χ0v) is 13.3. The van der Waals surface area contributed by atoms with Gasteiger partial charge in [0.15, 0.2) is 0 Å². The smallest absolute Gasteiger partial charge is 0.271 e. The van der Waals surface area contributed by atoms with E-state index in [2.05, 4.69) is 5.32 Å². The molecule has 8 nitrogen and oxygen atoms in total. The fourth-order valence-corrected chi connectivity index (χ4v) is 4.54. The molecule has 0 radical (unpaired) electrons. The molecule has 1 N–H and O–H groups in total. The molecule has 0 aliphatic carbocycles. The number of nitrogens with zero attached hydrogens (tertiary/aromatic N) is 2. The molecule has 0 spiro atoms. The highest BCUT2D eigenvalue weighted by Crippen LogP contribution is 2.33. The van der Waals surface area contributed by atoms with Crippen molar-refractivity contribution in [1.29, 1.82) is 0 Å². The number of rotatable bonds is 6. The van der Waals surface area contributed by atoms with Gasteiger partial charge in [-0.1, -0.05) is 0 Å². The predicted molar refractivity (Wildman–Crippen MR) is 80.5 cm³/mol. The summed E-state index contributed by atoms with van der Waals surface area (Å²) >= 11 is 0. The van der Waals surface area contributed by atoms with Crippen molar-refractivity contribution in [3.63, 3.8) is 0 Å². The first-order chi connectivity index (χ1) is 10.4. The summed E-state index contributed by atoms with van der Waals surface area (Å²) < 4.78 is 32.2. The molecule has 9 heteroatoms. The number of nitrogens with one attached hydrogen (secondary N) is 1. The molecule has 1 fully saturated rings. The van der Waals surface area contributed by atoms with Crippen molar-refractivity contribution in [2.75, 3.05) is 27.2 Å². The molecule has 1 heterocycles. The number of likely N-dealkylation sites (N-methyl/N-ethyl adjacent to an activating group) is 1. The molecule has 0 aromatic heterocycles. The maximum atomic E-state index is 12.9. The van der Waals surface area contributed by atoms with E-state index < -0.39 is 14.9 Å². The van der Waals surface area contributed by atoms with Gasteiger partial charge in [0.1, 0.15) is 10.6 Å². The summed E-state index contributed by atoms with van der Waals surface area (Å²) in [4.78, 5) is 10.1. The van der Waals surface area contributed by atoms with Crippen LogP contribution in [0.2, 0.25) is 0 Å². The minimum atomic E-state index is -3.84. The van der Waals surface area contributed by atoms with E-state index in [9.17, 15) is 18.5 Å². The van der Waals surface area contributed by atoms with Gasteiger partial charge in [-0.2, -0.15) is 4.31 Å². The highest BCUT2D eigenvalue weighted by molar-refractivity contribution is 7.89. The van der Waals surface area contributed by atoms with Crippen LogP contribution in [-0.2, 0) is 10.0 Å². The Bertz CT molecular complexity index is 662. The predicted octanol–water partition coefficient (Wildman–Crippen LogP) is 0.976. The van der Waals surface area contributed by atoms with Crippen molar-refractivity contribution in [3.05, 3.63) is 28.3 Å². The van der Waals surface area contributed by atoms with E-state index in [1.165, 1.54) is 23.5 Å². The van der Waals surface area contributed by atoms with Gasteiger partial charge in [-0.3, -0.25) is 10.1 Å². The molecule has 1 saturated heterocycles. The highest BCUT2D eigenvalue weighted by atomic mass is 32.2. The van der Waals surface area contributed by atoms with Crippen LogP contribution in [0.1, 0.15) is 12.8 Å². The van der Waals surface area contributed by atoms with Crippen molar-refractivity contribution in [1.82, 2.24) is 9.62 Å². The standard InChI is InChI=1S/C13H19N3O5S/c1-14-9-11-4-3-7-15(11)22(19,20)13-8-10(16(17)18)5-6-12(13)21-2/h5-6,8,11,14H,3-4,7,9H2,1-2H3. The van der Waals surface area contributed by atoms with Gasteiger partial charge in [0.2, 0.25) is 10.0 Å². The molecule has 2 rings (SSSR count). The summed E-state index contributed by atoms with van der Waals surface area (Å²) in [5.41, 5.74) is -0.274. The first-order valence-corrected chi connectivity index (χ1v) is 8.34. The molecule has 22 heavy (non-hydrogen) atoms. The van der Waals surface area contributed by atoms with Crippen molar-refractivity contribution < 1.29 is 18.1 Å². The fourth-order valence-electron chi connectivity index (χ4n) is 2.67. The van der Waals surface area contributed by atoms with E-state index in [-0.39, 0.29) is 22.4 Å². The molecule has 1 aliphatic rings. The molecular formula is C13H19N3O5S. The largest absolute Gasteiger partial charge is 0.495 e. The van der Waals surface area contributed by atoms with E-state index in [1.54, 1.807) is 7.05 Å². The Kier molecular flexibility index (Phi) is 4.99. The lowest BCUT2D eigenvalue weighted by Crippen LogP contribution is -2.40. The third kappa shape index (κ3) is 3.06. The Hall–Kier alpha value is -1.71. The van der Waals surface area contributed by atoms with Crippen molar-refractivity contribution in [2.45, 2.75) is 23.8 Å². The van der Waals surface area contributed by atoms with E-state index in [1.807, 2.05) is 0 Å². The zero-order valence-electron chi connectivity index (χ0n) is 12.5. The Morgan fingerprint density at radius 1 is 1.50 bits per heavy atom. The fraction of sp³-hybridized carbons (Fsp3) is 0.538. The molecule has 1 atom stereocenters. The highest BCUT2D eigenvalue weighted by Gasteiger charge is 2.37. The topological polar surface area (TPSA) is 102 Å². The van der Waals surface area contributed by atoms with E-state index in [0.29, 0.717) is 13.1 Å². The zero-order chi connectivity index (χ0) is 16.3. The van der Waals surface area contributed by atoms with Gasteiger partial charge >= 0.3 is 0 Å². The molecule has 1 aromatic carbocycles. The lowest BCUT2D eigenvalue weighted by atomic mass is 10.2. The van der Waals surface area contributed by atoms with Gasteiger partial charge in [0.05, 0.1) is 12.0 Å². The average molecular weight is 329 g/mol. The second-order valence-electron chi connectivity index (χ2n) is 5.06. The molecule has 1 aliphatic heterocycles. The average Bonchev–Trinajstić information content (AvgIpc) is 2.96. The minimum absolute atomic E-state index is 0.112. The second-order valence-corrected chi connectivity index (χ2v) is 6.92. The molecule has 1 aromatic rings. The summed E-state index contributed by atoms with van der Waals surface area (Å²) in [5, 5.41) is 13.9. The molecule has 0 amide bonds. The number of hydrogen-bond acceptors (Lipinski definition) is 6. The number of benzene rings is 1. The van der Waals surface area contributed by atoms with Gasteiger partial charge in [0.25, 0.3) is 5.69 Å². The summed E-state index contributed by atoms with van der Waals surface area (Å²) in [6, 6.07) is 3.45. The van der Waals surface area contributed by atoms with E-state index in [0.717, 1.165) is 18.9 Å². The van der Waals surface area contributed by atoms with Crippen molar-refractivity contribution >= 4 is 15.7 Å². The van der Waals surface area contributed by atoms with Gasteiger partial charge in [0, 0.05) is 31.3 Å². The SMILES string of the molecule is CNCC1CCCN1S(=O)(=O)c1cc([N+](=O)[O-])ccc1OC. The van der Waals surface area contributed by atoms with Crippen LogP contribution < -0.4 is 10.1 Å². The van der Waals surface area contributed by atoms with Crippen LogP contribution >= 0.6 is 0 Å². The Labute approximate surface area is 129 Å². The number of ether oxygens (including phenoxy) is 1. The van der Waals surface area contributed by atoms with E-state index in [4.69, 9.17) is 4.74 Å². The van der Waals surface area contributed by atoms with Crippen LogP contribution in [0.15, 0.2) is 23.1 Å². The van der Waals surface area contributed by atoms with Gasteiger partial charge in [-0.25, -0.2) is 8.42 Å². The van der Waals surface area contributed by atoms with Crippen LogP contribution in [-0.4, -0.2) is 50.9 Å². The monoisotopic (exact) mass is 329 g/mol. The molecule has 122 valence electrons. The van der Waals surface area contributed by atoms with Gasteiger partial charge in [-0.15, -0.1) is 0 Å². The first kappa shape index (κ1) is 16.7. The number of sulfonamides is 1. The van der Waals surface area contributed by atoms with E-state index >= 15 is 0 Å². The quantitative estimate of drug-likeness (QED) is 0.616. The lowest BCUT2D eigenvalue weighted by molar-refractivity contribution is -0.385. The summed E-state index contributed by atoms with van der Waals surface area (Å²) in [6.07, 6.45) is 1.53. The summed E-state index contributed by atoms with van der Waals surface area (Å²) in [7, 11) is -0.741. The number of non-ortho nitro benzene ring substituents is 1. The maximum Gasteiger partial charge on any atom is 0.271 e. The second kappa shape index (κ2) is 6.59. The van der Waals surface area contributed by atoms with Crippen molar-refractivity contribution in [2.24, 2.45) is 0 Å². The molecular weight excluding hydrogens is 310 g/mol. The lowest BCUT2D eigenvalue weighted by Gasteiger charge is -2.24. The maximum absolute atomic E-state index is 12.9. The van der Waals surface area contributed by atoms with Crippen LogP contribution in [0.25, 0.3) is 0 Å². The van der Waals surface area contributed by atoms with Gasteiger partial charge < -0.3 is 10.1 Å². The third-order valence-electron chi connectivity index (χ3n) is 3.71. The Balaban J connectivity index is 2.48. The minimum Gasteiger partial charge on any atom is -0.495 e. The summed E-state index contributed by atoms with van der Waals surface area (Å²) in [6.45, 7) is 0.941. The number of nitro groups is 1. The van der Waals surface area contributed by atoms with Crippen molar-refractivity contribution in [3.8, 4) is 5.75 Å². The van der Waals surface area contributed by atoms with Crippen LogP contribution in [0.3, 0.4) is 0 Å². The van der Waals surface area contributed by atoms with Crippen LogP contribution in [0, 0.1) is 10.1 Å².